The van der Waals surface area contributed by atoms with Gasteiger partial charge >= 0.3 is 0 Å². The van der Waals surface area contributed by atoms with E-state index in [9.17, 15) is 0 Å². The van der Waals surface area contributed by atoms with Crippen molar-refractivity contribution in [2.45, 2.75) is 13.5 Å². The Labute approximate surface area is 77.3 Å². The van der Waals surface area contributed by atoms with Crippen molar-refractivity contribution >= 4 is 11.6 Å². The highest BCUT2D eigenvalue weighted by Crippen LogP contribution is 2.28. The second-order valence-corrected chi connectivity index (χ2v) is 2.96. The van der Waals surface area contributed by atoms with Gasteiger partial charge in [-0.05, 0) is 18.6 Å². The minimum Gasteiger partial charge on any atom is -0.496 e. The second-order valence-electron chi connectivity index (χ2n) is 2.58. The van der Waals surface area contributed by atoms with Crippen LogP contribution in [0.1, 0.15) is 11.1 Å². The summed E-state index contributed by atoms with van der Waals surface area (Å²) >= 11 is 6.02. The highest BCUT2D eigenvalue weighted by molar-refractivity contribution is 6.32. The van der Waals surface area contributed by atoms with Crippen LogP contribution < -0.4 is 10.5 Å². The molecule has 0 radical (unpaired) electrons. The van der Waals surface area contributed by atoms with Crippen molar-refractivity contribution in [3.05, 3.63) is 28.3 Å². The van der Waals surface area contributed by atoms with Gasteiger partial charge in [0, 0.05) is 12.1 Å². The van der Waals surface area contributed by atoms with E-state index in [1.54, 1.807) is 7.11 Å². The Hall–Kier alpha value is -0.730. The van der Waals surface area contributed by atoms with Crippen molar-refractivity contribution in [1.29, 1.82) is 0 Å². The molecule has 1 aromatic carbocycles. The molecule has 66 valence electrons. The molecular weight excluding hydrogens is 174 g/mol. The fraction of sp³-hybridized carbons (Fsp3) is 0.333. The zero-order valence-corrected chi connectivity index (χ0v) is 7.98. The van der Waals surface area contributed by atoms with Gasteiger partial charge in [0.25, 0.3) is 0 Å². The summed E-state index contributed by atoms with van der Waals surface area (Å²) in [5.74, 6) is 0.758. The topological polar surface area (TPSA) is 35.2 Å². The molecule has 0 saturated heterocycles. The zero-order valence-electron chi connectivity index (χ0n) is 7.23. The first-order valence-electron chi connectivity index (χ1n) is 3.72. The standard InChI is InChI=1S/C9H12ClNO/c1-6-3-4-8(12-2)7(5-11)9(6)10/h3-4H,5,11H2,1-2H3. The number of nitrogens with two attached hydrogens (primary N) is 1. The number of methoxy groups -OCH3 is 1. The third-order valence-electron chi connectivity index (χ3n) is 1.82. The highest BCUT2D eigenvalue weighted by atomic mass is 35.5. The normalized spacial score (nSPS) is 10.0. The van der Waals surface area contributed by atoms with Crippen LogP contribution in [0, 0.1) is 6.92 Å². The molecule has 0 heterocycles. The maximum Gasteiger partial charge on any atom is 0.124 e. The van der Waals surface area contributed by atoms with E-state index in [-0.39, 0.29) is 0 Å². The zero-order chi connectivity index (χ0) is 9.14. The molecule has 2 N–H and O–H groups in total. The van der Waals surface area contributed by atoms with Crippen molar-refractivity contribution in [2.24, 2.45) is 5.73 Å². The van der Waals surface area contributed by atoms with E-state index in [1.807, 2.05) is 19.1 Å². The Kier molecular flexibility index (Phi) is 2.95. The van der Waals surface area contributed by atoms with Crippen molar-refractivity contribution < 1.29 is 4.74 Å². The van der Waals surface area contributed by atoms with Crippen molar-refractivity contribution in [1.82, 2.24) is 0 Å². The summed E-state index contributed by atoms with van der Waals surface area (Å²) in [7, 11) is 1.61. The number of aryl methyl sites for hydroxylation is 1. The monoisotopic (exact) mass is 185 g/mol. The molecule has 3 heteroatoms. The number of halogens is 1. The number of hydrogen-bond donors (Lipinski definition) is 1. The van der Waals surface area contributed by atoms with Crippen LogP contribution in [0.25, 0.3) is 0 Å². The maximum atomic E-state index is 6.02. The first-order valence-corrected chi connectivity index (χ1v) is 4.10. The largest absolute Gasteiger partial charge is 0.496 e. The van der Waals surface area contributed by atoms with Crippen LogP contribution >= 0.6 is 11.6 Å². The molecule has 1 rings (SSSR count). The lowest BCUT2D eigenvalue weighted by Crippen LogP contribution is -2.01. The van der Waals surface area contributed by atoms with Crippen LogP contribution in [0.4, 0.5) is 0 Å². The van der Waals surface area contributed by atoms with Gasteiger partial charge in [0.15, 0.2) is 0 Å². The van der Waals surface area contributed by atoms with E-state index in [0.717, 1.165) is 16.9 Å². The van der Waals surface area contributed by atoms with Gasteiger partial charge in [0.2, 0.25) is 0 Å². The minimum absolute atomic E-state index is 0.406. The molecule has 0 aliphatic rings. The minimum atomic E-state index is 0.406. The molecule has 0 spiro atoms. The fourth-order valence-corrected chi connectivity index (χ4v) is 1.34. The predicted octanol–water partition coefficient (Wildman–Crippen LogP) is 2.12. The quantitative estimate of drug-likeness (QED) is 0.766. The molecule has 0 bridgehead atoms. The van der Waals surface area contributed by atoms with E-state index in [0.29, 0.717) is 11.6 Å². The molecule has 0 aliphatic carbocycles. The van der Waals surface area contributed by atoms with Crippen LogP contribution in [0.5, 0.6) is 5.75 Å². The van der Waals surface area contributed by atoms with E-state index in [1.165, 1.54) is 0 Å². The molecule has 1 aromatic rings. The lowest BCUT2D eigenvalue weighted by atomic mass is 10.1. The highest BCUT2D eigenvalue weighted by Gasteiger charge is 2.07. The van der Waals surface area contributed by atoms with E-state index >= 15 is 0 Å². The molecule has 0 amide bonds. The molecule has 0 aromatic heterocycles. The van der Waals surface area contributed by atoms with Crippen molar-refractivity contribution in [2.75, 3.05) is 7.11 Å². The Morgan fingerprint density at radius 1 is 1.50 bits per heavy atom. The van der Waals surface area contributed by atoms with E-state index in [4.69, 9.17) is 22.1 Å². The Bertz CT molecular complexity index is 286. The fourth-order valence-electron chi connectivity index (χ4n) is 1.10. The summed E-state index contributed by atoms with van der Waals surface area (Å²) in [6.45, 7) is 2.35. The summed E-state index contributed by atoms with van der Waals surface area (Å²) in [6.07, 6.45) is 0. The second kappa shape index (κ2) is 3.78. The average molecular weight is 186 g/mol. The van der Waals surface area contributed by atoms with Gasteiger partial charge in [0.05, 0.1) is 12.1 Å². The smallest absolute Gasteiger partial charge is 0.124 e. The molecule has 0 aliphatic heterocycles. The molecule has 12 heavy (non-hydrogen) atoms. The van der Waals surface area contributed by atoms with E-state index in [2.05, 4.69) is 0 Å². The number of hydrogen-bond acceptors (Lipinski definition) is 2. The summed E-state index contributed by atoms with van der Waals surface area (Å²) in [6, 6.07) is 3.80. The number of rotatable bonds is 2. The molecule has 0 fully saturated rings. The van der Waals surface area contributed by atoms with E-state index < -0.39 is 0 Å². The summed E-state index contributed by atoms with van der Waals surface area (Å²) in [4.78, 5) is 0. The van der Waals surface area contributed by atoms with Crippen LogP contribution in [0.15, 0.2) is 12.1 Å². The molecule has 0 atom stereocenters. The lowest BCUT2D eigenvalue weighted by molar-refractivity contribution is 0.410. The van der Waals surface area contributed by atoms with Crippen molar-refractivity contribution in [3.63, 3.8) is 0 Å². The predicted molar refractivity (Wildman–Crippen MR) is 50.6 cm³/mol. The van der Waals surface area contributed by atoms with Gasteiger partial charge in [-0.25, -0.2) is 0 Å². The Morgan fingerprint density at radius 3 is 2.67 bits per heavy atom. The summed E-state index contributed by atoms with van der Waals surface area (Å²) < 4.78 is 5.11. The maximum absolute atomic E-state index is 6.02. The third-order valence-corrected chi connectivity index (χ3v) is 2.34. The van der Waals surface area contributed by atoms with Gasteiger partial charge in [0.1, 0.15) is 5.75 Å². The molecule has 0 unspecified atom stereocenters. The molecular formula is C9H12ClNO. The van der Waals surface area contributed by atoms with Gasteiger partial charge in [-0.3, -0.25) is 0 Å². The number of ether oxygens (including phenoxy) is 1. The average Bonchev–Trinajstić information content (AvgIpc) is 2.09. The summed E-state index contributed by atoms with van der Waals surface area (Å²) in [5.41, 5.74) is 7.43. The van der Waals surface area contributed by atoms with Crippen LogP contribution in [0.3, 0.4) is 0 Å². The van der Waals surface area contributed by atoms with Crippen LogP contribution in [-0.4, -0.2) is 7.11 Å². The van der Waals surface area contributed by atoms with Crippen LogP contribution in [0.2, 0.25) is 5.02 Å². The van der Waals surface area contributed by atoms with Gasteiger partial charge in [-0.2, -0.15) is 0 Å². The summed E-state index contributed by atoms with van der Waals surface area (Å²) in [5, 5.41) is 0.705. The van der Waals surface area contributed by atoms with Gasteiger partial charge < -0.3 is 10.5 Å². The van der Waals surface area contributed by atoms with Gasteiger partial charge in [-0.1, -0.05) is 17.7 Å². The Morgan fingerprint density at radius 2 is 2.17 bits per heavy atom. The van der Waals surface area contributed by atoms with Crippen LogP contribution in [-0.2, 0) is 6.54 Å². The first-order chi connectivity index (χ1) is 5.70. The SMILES string of the molecule is COc1ccc(C)c(Cl)c1CN. The number of benzene rings is 1. The van der Waals surface area contributed by atoms with Crippen molar-refractivity contribution in [3.8, 4) is 5.75 Å². The van der Waals surface area contributed by atoms with Gasteiger partial charge in [-0.15, -0.1) is 0 Å². The first kappa shape index (κ1) is 9.36. The molecule has 2 nitrogen and oxygen atoms in total. The lowest BCUT2D eigenvalue weighted by Gasteiger charge is -2.09. The Balaban J connectivity index is 3.25. The third kappa shape index (κ3) is 1.54. The molecule has 0 saturated carbocycles.